The van der Waals surface area contributed by atoms with Crippen LogP contribution in [0.2, 0.25) is 5.02 Å². The van der Waals surface area contributed by atoms with Crippen LogP contribution in [0.5, 0.6) is 5.75 Å². The Kier molecular flexibility index (Phi) is 5.15. The molecule has 154 valence electrons. The van der Waals surface area contributed by atoms with Crippen molar-refractivity contribution < 1.29 is 19.4 Å². The number of hydrogen-bond acceptors (Lipinski definition) is 7. The maximum Gasteiger partial charge on any atom is 0.277 e. The van der Waals surface area contributed by atoms with Crippen molar-refractivity contribution in [1.82, 2.24) is 19.9 Å². The van der Waals surface area contributed by atoms with E-state index in [9.17, 15) is 9.59 Å². The fourth-order valence-corrected chi connectivity index (χ4v) is 3.40. The lowest BCUT2D eigenvalue weighted by Crippen LogP contribution is -2.34. The number of aromatic nitrogens is 3. The zero-order chi connectivity index (χ0) is 21.4. The smallest absolute Gasteiger partial charge is 0.277 e. The molecule has 0 saturated carbocycles. The lowest BCUT2D eigenvalue weighted by Gasteiger charge is -2.14. The molecule has 0 aliphatic carbocycles. The Balaban J connectivity index is 1.65. The van der Waals surface area contributed by atoms with E-state index < -0.39 is 11.8 Å². The number of hydrogen-bond donors (Lipinski definition) is 2. The zero-order valence-electron chi connectivity index (χ0n) is 16.2. The first-order chi connectivity index (χ1) is 14.4. The van der Waals surface area contributed by atoms with Crippen molar-refractivity contribution in [1.29, 1.82) is 0 Å². The van der Waals surface area contributed by atoms with Crippen molar-refractivity contribution in [3.63, 3.8) is 0 Å². The molecule has 2 heterocycles. The highest BCUT2D eigenvalue weighted by Crippen LogP contribution is 2.28. The number of halogens is 1. The van der Waals surface area contributed by atoms with Crippen LogP contribution >= 0.6 is 11.6 Å². The largest absolute Gasteiger partial charge is 0.495 e. The van der Waals surface area contributed by atoms with E-state index in [1.165, 1.54) is 10.9 Å². The number of nitrogens with zero attached hydrogens (tertiary/aromatic N) is 4. The van der Waals surface area contributed by atoms with Crippen LogP contribution in [0.4, 0.5) is 5.69 Å². The van der Waals surface area contributed by atoms with E-state index in [4.69, 9.17) is 21.4 Å². The van der Waals surface area contributed by atoms with Crippen molar-refractivity contribution in [2.24, 2.45) is 0 Å². The molecular weight excluding hydrogens is 410 g/mol. The SMILES string of the molecule is COc1ccc(-n2nc3cc(C)c(NC4=CC(=O)N(CCO)C4=O)cc3n2)cc1Cl. The Morgan fingerprint density at radius 2 is 1.90 bits per heavy atom. The summed E-state index contributed by atoms with van der Waals surface area (Å²) in [4.78, 5) is 26.8. The molecule has 3 aromatic rings. The maximum atomic E-state index is 12.4. The predicted molar refractivity (Wildman–Crippen MR) is 111 cm³/mol. The molecule has 1 aliphatic heterocycles. The molecule has 4 rings (SSSR count). The Morgan fingerprint density at radius 1 is 1.17 bits per heavy atom. The van der Waals surface area contributed by atoms with Gasteiger partial charge in [-0.05, 0) is 42.8 Å². The zero-order valence-corrected chi connectivity index (χ0v) is 17.0. The first kappa shape index (κ1) is 19.9. The quantitative estimate of drug-likeness (QED) is 0.579. The number of amides is 2. The number of rotatable bonds is 6. The van der Waals surface area contributed by atoms with Crippen molar-refractivity contribution in [2.45, 2.75) is 6.92 Å². The summed E-state index contributed by atoms with van der Waals surface area (Å²) in [6.07, 6.45) is 1.22. The van der Waals surface area contributed by atoms with Gasteiger partial charge in [0.15, 0.2) is 0 Å². The molecule has 0 fully saturated rings. The molecule has 2 amide bonds. The Morgan fingerprint density at radius 3 is 2.57 bits per heavy atom. The van der Waals surface area contributed by atoms with E-state index in [0.29, 0.717) is 33.2 Å². The second-order valence-electron chi connectivity index (χ2n) is 6.67. The lowest BCUT2D eigenvalue weighted by molar-refractivity contribution is -0.137. The molecule has 10 heteroatoms. The molecule has 2 N–H and O–H groups in total. The van der Waals surface area contributed by atoms with Crippen LogP contribution in [0.15, 0.2) is 42.1 Å². The monoisotopic (exact) mass is 427 g/mol. The summed E-state index contributed by atoms with van der Waals surface area (Å²) in [6.45, 7) is 1.52. The highest BCUT2D eigenvalue weighted by atomic mass is 35.5. The third kappa shape index (κ3) is 3.49. The number of benzene rings is 2. The Bertz CT molecular complexity index is 1200. The summed E-state index contributed by atoms with van der Waals surface area (Å²) in [6, 6.07) is 8.82. The van der Waals surface area contributed by atoms with Gasteiger partial charge in [0.25, 0.3) is 11.8 Å². The third-order valence-electron chi connectivity index (χ3n) is 4.70. The molecule has 0 saturated heterocycles. The first-order valence-corrected chi connectivity index (χ1v) is 9.46. The van der Waals surface area contributed by atoms with E-state index in [0.717, 1.165) is 10.5 Å². The number of carbonyl (C=O) groups excluding carboxylic acids is 2. The van der Waals surface area contributed by atoms with Gasteiger partial charge in [-0.2, -0.15) is 4.80 Å². The van der Waals surface area contributed by atoms with Gasteiger partial charge in [0.05, 0.1) is 31.0 Å². The number of aryl methyl sites for hydroxylation is 1. The third-order valence-corrected chi connectivity index (χ3v) is 4.99. The van der Waals surface area contributed by atoms with Crippen LogP contribution in [-0.4, -0.2) is 57.1 Å². The van der Waals surface area contributed by atoms with Gasteiger partial charge in [0.2, 0.25) is 0 Å². The molecule has 30 heavy (non-hydrogen) atoms. The number of β-amino-alcohol motifs (C(OH)–C–C–N with tert-alkyl or cyclic N) is 1. The van der Waals surface area contributed by atoms with Gasteiger partial charge in [0.1, 0.15) is 22.5 Å². The van der Waals surface area contributed by atoms with Crippen LogP contribution in [0, 0.1) is 6.92 Å². The second-order valence-corrected chi connectivity index (χ2v) is 7.07. The summed E-state index contributed by atoms with van der Waals surface area (Å²) < 4.78 is 5.16. The minimum Gasteiger partial charge on any atom is -0.495 e. The number of aliphatic hydroxyl groups is 1. The fourth-order valence-electron chi connectivity index (χ4n) is 3.15. The number of fused-ring (bicyclic) bond motifs is 1. The Hall–Kier alpha value is -3.43. The molecule has 1 aromatic heterocycles. The van der Waals surface area contributed by atoms with Gasteiger partial charge in [0, 0.05) is 11.8 Å². The van der Waals surface area contributed by atoms with Crippen LogP contribution in [0.25, 0.3) is 16.7 Å². The summed E-state index contributed by atoms with van der Waals surface area (Å²) in [7, 11) is 1.54. The van der Waals surface area contributed by atoms with Crippen LogP contribution < -0.4 is 10.1 Å². The van der Waals surface area contributed by atoms with E-state index >= 15 is 0 Å². The number of carbonyl (C=O) groups is 2. The molecule has 1 aliphatic rings. The minimum atomic E-state index is -0.481. The molecule has 9 nitrogen and oxygen atoms in total. The Labute approximate surface area is 176 Å². The van der Waals surface area contributed by atoms with Gasteiger partial charge in [-0.3, -0.25) is 14.5 Å². The standard InChI is InChI=1S/C20H18ClN5O4/c1-11-7-15-16(24-26(23-15)12-3-4-18(30-2)13(21)8-12)9-14(11)22-17-10-19(28)25(5-6-27)20(17)29/h3-4,7-10,22,27H,5-6H2,1-2H3. The molecule has 0 atom stereocenters. The number of nitrogens with one attached hydrogen (secondary N) is 1. The summed E-state index contributed by atoms with van der Waals surface area (Å²) in [5.74, 6) is -0.388. The van der Waals surface area contributed by atoms with E-state index in [-0.39, 0.29) is 18.8 Å². The second kappa shape index (κ2) is 7.77. The van der Waals surface area contributed by atoms with Crippen molar-refractivity contribution >= 4 is 40.1 Å². The van der Waals surface area contributed by atoms with Crippen LogP contribution in [0.3, 0.4) is 0 Å². The van der Waals surface area contributed by atoms with Crippen molar-refractivity contribution in [2.75, 3.05) is 25.6 Å². The number of ether oxygens (including phenoxy) is 1. The molecule has 0 bridgehead atoms. The van der Waals surface area contributed by atoms with Gasteiger partial charge in [-0.15, -0.1) is 10.2 Å². The molecule has 0 radical (unpaired) electrons. The fraction of sp³-hybridized carbons (Fsp3) is 0.200. The van der Waals surface area contributed by atoms with Gasteiger partial charge in [-0.1, -0.05) is 11.6 Å². The van der Waals surface area contributed by atoms with E-state index in [2.05, 4.69) is 15.5 Å². The van der Waals surface area contributed by atoms with Gasteiger partial charge in [-0.25, -0.2) is 0 Å². The number of aliphatic hydroxyl groups excluding tert-OH is 1. The average Bonchev–Trinajstić information content (AvgIpc) is 3.24. The van der Waals surface area contributed by atoms with Crippen LogP contribution in [0.1, 0.15) is 5.56 Å². The molecule has 2 aromatic carbocycles. The van der Waals surface area contributed by atoms with Crippen molar-refractivity contribution in [3.8, 4) is 11.4 Å². The molecular formula is C20H18ClN5O4. The molecule has 0 spiro atoms. The topological polar surface area (TPSA) is 110 Å². The minimum absolute atomic E-state index is 0.0455. The number of imide groups is 1. The summed E-state index contributed by atoms with van der Waals surface area (Å²) in [5.41, 5.74) is 3.52. The predicted octanol–water partition coefficient (Wildman–Crippen LogP) is 2.05. The van der Waals surface area contributed by atoms with Crippen molar-refractivity contribution in [3.05, 3.63) is 52.7 Å². The first-order valence-electron chi connectivity index (χ1n) is 9.08. The van der Waals surface area contributed by atoms with Gasteiger partial charge < -0.3 is 15.2 Å². The van der Waals surface area contributed by atoms with E-state index in [1.54, 1.807) is 31.4 Å². The van der Waals surface area contributed by atoms with Gasteiger partial charge >= 0.3 is 0 Å². The lowest BCUT2D eigenvalue weighted by atomic mass is 10.1. The molecule has 0 unspecified atom stereocenters. The van der Waals surface area contributed by atoms with Crippen LogP contribution in [-0.2, 0) is 9.59 Å². The highest BCUT2D eigenvalue weighted by molar-refractivity contribution is 6.32. The maximum absolute atomic E-state index is 12.4. The summed E-state index contributed by atoms with van der Waals surface area (Å²) in [5, 5.41) is 21.4. The number of methoxy groups -OCH3 is 1. The highest BCUT2D eigenvalue weighted by Gasteiger charge is 2.30. The van der Waals surface area contributed by atoms with E-state index in [1.807, 2.05) is 13.0 Å². The normalized spacial score (nSPS) is 13.9. The average molecular weight is 428 g/mol. The number of anilines is 1. The summed E-state index contributed by atoms with van der Waals surface area (Å²) >= 11 is 6.19.